The number of hydrogen-bond acceptors (Lipinski definition) is 17. The number of hydrogen-bond donors (Lipinski definition) is 14. The van der Waals surface area contributed by atoms with Crippen LogP contribution in [-0.4, -0.2) is 195 Å². The van der Waals surface area contributed by atoms with Crippen molar-refractivity contribution in [3.05, 3.63) is 0 Å². The van der Waals surface area contributed by atoms with Crippen LogP contribution in [0.4, 0.5) is 0 Å². The number of primary amides is 2. The largest absolute Gasteiger partial charge is 0.481 e. The molecule has 400 valence electrons. The molecule has 12 atom stereocenters. The van der Waals surface area contributed by atoms with E-state index in [4.69, 9.17) is 38.3 Å². The quantitative estimate of drug-likeness (QED) is 0.0324. The van der Waals surface area contributed by atoms with Gasteiger partial charge in [0.05, 0.1) is 30.8 Å². The van der Waals surface area contributed by atoms with Crippen LogP contribution in [0, 0.1) is 5.92 Å². The summed E-state index contributed by atoms with van der Waals surface area (Å²) in [7, 11) is 0. The van der Waals surface area contributed by atoms with Gasteiger partial charge >= 0.3 is 5.97 Å². The molecule has 2 aliphatic heterocycles. The van der Waals surface area contributed by atoms with E-state index >= 15 is 0 Å². The summed E-state index contributed by atoms with van der Waals surface area (Å²) in [6, 6.07) is -9.96. The second-order valence-electron chi connectivity index (χ2n) is 17.6. The number of thiocarbonyl (C=S) groups is 1. The molecule has 2 saturated heterocycles. The van der Waals surface area contributed by atoms with Gasteiger partial charge in [0.25, 0.3) is 0 Å². The third kappa shape index (κ3) is 20.2. The monoisotopic (exact) mass is 1030 g/mol. The lowest BCUT2D eigenvalue weighted by Gasteiger charge is -2.44. The smallest absolute Gasteiger partial charge is 0.303 e. The average molecular weight is 1030 g/mol. The first-order valence-electron chi connectivity index (χ1n) is 22.8. The summed E-state index contributed by atoms with van der Waals surface area (Å²) in [5, 5.41) is 60.2. The van der Waals surface area contributed by atoms with Gasteiger partial charge in [-0.1, -0.05) is 26.1 Å². The number of amides is 10. The van der Waals surface area contributed by atoms with E-state index in [1.807, 2.05) is 0 Å². The van der Waals surface area contributed by atoms with Crippen molar-refractivity contribution in [2.75, 3.05) is 26.2 Å². The molecule has 2 rings (SSSR count). The molecule has 0 aromatic rings. The van der Waals surface area contributed by atoms with Crippen molar-refractivity contribution in [3.63, 3.8) is 0 Å². The summed E-state index contributed by atoms with van der Waals surface area (Å²) in [4.78, 5) is 142. The van der Waals surface area contributed by atoms with Crippen molar-refractivity contribution in [1.82, 2.24) is 47.4 Å². The Morgan fingerprint density at radius 3 is 1.92 bits per heavy atom. The number of likely N-dealkylation sites (tertiary alicyclic amines) is 1. The normalized spacial score (nSPS) is 22.2. The lowest BCUT2D eigenvalue weighted by molar-refractivity contribution is -0.280. The maximum absolute atomic E-state index is 14.4. The molecule has 28 nitrogen and oxygen atoms in total. The minimum Gasteiger partial charge on any atom is -0.481 e. The van der Waals surface area contributed by atoms with Gasteiger partial charge in [-0.2, -0.15) is 0 Å². The molecule has 0 radical (unpaired) electrons. The Bertz CT molecular complexity index is 1960. The highest BCUT2D eigenvalue weighted by Gasteiger charge is 2.47. The summed E-state index contributed by atoms with van der Waals surface area (Å²) in [5.41, 5.74) is 10.5. The number of rotatable bonds is 28. The zero-order valence-corrected chi connectivity index (χ0v) is 41.2. The average Bonchev–Trinajstić information content (AvgIpc) is 3.78. The van der Waals surface area contributed by atoms with Crippen molar-refractivity contribution < 1.29 is 82.6 Å². The SMILES string of the molecule is CC(=O)N[C@@H](CCC(=O)O)C(=O)N[C@@H](CC(C)C)C(=O)N[C@@H](C)C(=O)N[C@H](C(=O)N[C@@H](CCC(N)=O)C(=O)NCC(=O)N1CCC[C@H]1C(=O)NCC(N)=O)[C@@H](C)O[C@H]1O[C@H](CO)[C@H](O)[C@H](O)[C@H]1NC(C)=S. The van der Waals surface area contributed by atoms with Gasteiger partial charge in [0.1, 0.15) is 60.6 Å². The molecule has 16 N–H and O–H groups in total. The first-order chi connectivity index (χ1) is 33.2. The number of ether oxygens (including phenoxy) is 2. The van der Waals surface area contributed by atoms with Gasteiger partial charge in [-0.25, -0.2) is 0 Å². The van der Waals surface area contributed by atoms with Crippen LogP contribution in [0.3, 0.4) is 0 Å². The fourth-order valence-electron chi connectivity index (χ4n) is 7.52. The molecule has 0 bridgehead atoms. The van der Waals surface area contributed by atoms with E-state index in [1.54, 1.807) is 13.8 Å². The van der Waals surface area contributed by atoms with Crippen molar-refractivity contribution in [2.24, 2.45) is 17.4 Å². The van der Waals surface area contributed by atoms with E-state index in [1.165, 1.54) is 25.7 Å². The summed E-state index contributed by atoms with van der Waals surface area (Å²) in [5.74, 6) is -10.2. The number of nitrogens with one attached hydrogen (secondary N) is 8. The first-order valence-corrected chi connectivity index (χ1v) is 23.2. The summed E-state index contributed by atoms with van der Waals surface area (Å²) in [6.45, 7) is 6.64. The minimum absolute atomic E-state index is 0.00592. The van der Waals surface area contributed by atoms with Gasteiger partial charge in [-0.15, -0.1) is 0 Å². The van der Waals surface area contributed by atoms with Gasteiger partial charge < -0.3 is 88.8 Å². The Morgan fingerprint density at radius 1 is 0.746 bits per heavy atom. The number of carbonyl (C=O) groups excluding carboxylic acids is 10. The topological polar surface area (TPSA) is 439 Å². The van der Waals surface area contributed by atoms with Crippen molar-refractivity contribution in [3.8, 4) is 0 Å². The number of aliphatic carboxylic acids is 1. The van der Waals surface area contributed by atoms with Gasteiger partial charge in [-0.3, -0.25) is 52.7 Å². The molecule has 0 aliphatic carbocycles. The van der Waals surface area contributed by atoms with E-state index in [0.717, 1.165) is 6.92 Å². The maximum Gasteiger partial charge on any atom is 0.303 e. The number of carboxylic acid groups (broad SMARTS) is 1. The number of nitrogens with zero attached hydrogens (tertiary/aromatic N) is 1. The zero-order chi connectivity index (χ0) is 53.9. The van der Waals surface area contributed by atoms with Gasteiger partial charge in [0.2, 0.25) is 59.1 Å². The van der Waals surface area contributed by atoms with Crippen LogP contribution in [0.25, 0.3) is 0 Å². The van der Waals surface area contributed by atoms with Crippen molar-refractivity contribution in [2.45, 2.75) is 159 Å². The van der Waals surface area contributed by atoms with E-state index in [-0.39, 0.29) is 36.7 Å². The maximum atomic E-state index is 14.4. The Balaban J connectivity index is 2.47. The van der Waals surface area contributed by atoms with Crippen LogP contribution in [0.1, 0.15) is 86.5 Å². The second kappa shape index (κ2) is 29.3. The van der Waals surface area contributed by atoms with Gasteiger partial charge in [0, 0.05) is 26.3 Å². The molecule has 0 aromatic heterocycles. The molecule has 10 amide bonds. The van der Waals surface area contributed by atoms with Gasteiger partial charge in [0.15, 0.2) is 6.29 Å². The fourth-order valence-corrected chi connectivity index (χ4v) is 7.66. The van der Waals surface area contributed by atoms with Crippen LogP contribution in [0.2, 0.25) is 0 Å². The van der Waals surface area contributed by atoms with Crippen LogP contribution in [0.5, 0.6) is 0 Å². The molecule has 2 aliphatic rings. The highest BCUT2D eigenvalue weighted by molar-refractivity contribution is 7.80. The molecular weight excluding hydrogens is 963 g/mol. The van der Waals surface area contributed by atoms with Crippen LogP contribution in [-0.2, 0) is 62.2 Å². The molecular formula is C42H69N11O17S. The summed E-state index contributed by atoms with van der Waals surface area (Å²) in [6.07, 6.45) is -8.93. The third-order valence-corrected chi connectivity index (χ3v) is 11.2. The molecule has 29 heteroatoms. The highest BCUT2D eigenvalue weighted by Crippen LogP contribution is 2.24. The molecule has 71 heavy (non-hydrogen) atoms. The van der Waals surface area contributed by atoms with Crippen LogP contribution >= 0.6 is 12.2 Å². The Labute approximate surface area is 414 Å². The molecule has 2 fully saturated rings. The lowest BCUT2D eigenvalue weighted by atomic mass is 9.96. The van der Waals surface area contributed by atoms with E-state index < -0.39 is 177 Å². The Kier molecular flexibility index (Phi) is 25.1. The first kappa shape index (κ1) is 61.0. The summed E-state index contributed by atoms with van der Waals surface area (Å²) < 4.78 is 11.8. The molecule has 0 aromatic carbocycles. The van der Waals surface area contributed by atoms with E-state index in [9.17, 15) is 68.1 Å². The van der Waals surface area contributed by atoms with E-state index in [2.05, 4.69) is 42.5 Å². The lowest BCUT2D eigenvalue weighted by Crippen LogP contribution is -2.66. The standard InChI is InChI=1S/C42H69N11O17S/c1-18(2)14-25(51-38(65)24(48-21(5)55)10-12-31(59)60)39(66)47-19(3)36(63)52-32(20(4)69-42-33(49-22(6)71)35(62)34(61)27(17-54)70-42)41(68)50-23(9-11-28(43)56)37(64)46-16-30(58)53-13-7-8-26(53)40(67)45-15-29(44)57/h18-20,23-27,32-35,42,54,61-62H,7-17H2,1-6H3,(H2,43,56)(H2,44,57)(H,45,67)(H,46,64)(H,47,66)(H,48,55)(H,49,71)(H,50,68)(H,51,65)(H,52,63)(H,59,60)/t19-,20+,23-,24-,25-,26-,27+,32-,33+,34-,35+,42-/m0/s1. The predicted molar refractivity (Wildman–Crippen MR) is 249 cm³/mol. The molecule has 0 unspecified atom stereocenters. The molecule has 0 saturated carbocycles. The Hall–Kier alpha value is -6.14. The van der Waals surface area contributed by atoms with Gasteiger partial charge in [-0.05, 0) is 58.8 Å². The minimum atomic E-state index is -1.86. The summed E-state index contributed by atoms with van der Waals surface area (Å²) >= 11 is 5.13. The fraction of sp³-hybridized carbons (Fsp3) is 0.714. The number of aliphatic hydroxyl groups is 3. The van der Waals surface area contributed by atoms with Crippen molar-refractivity contribution >= 4 is 82.2 Å². The van der Waals surface area contributed by atoms with Crippen molar-refractivity contribution in [1.29, 1.82) is 0 Å². The number of carbonyl (C=O) groups is 11. The predicted octanol–water partition coefficient (Wildman–Crippen LogP) is -6.52. The third-order valence-electron chi connectivity index (χ3n) is 11.1. The van der Waals surface area contributed by atoms with Crippen LogP contribution in [0.15, 0.2) is 0 Å². The van der Waals surface area contributed by atoms with Crippen LogP contribution < -0.4 is 54.0 Å². The number of aliphatic hydroxyl groups excluding tert-OH is 3. The Morgan fingerprint density at radius 2 is 1.35 bits per heavy atom. The van der Waals surface area contributed by atoms with E-state index in [0.29, 0.717) is 6.42 Å². The molecule has 0 spiro atoms. The number of carboxylic acids is 1. The highest BCUT2D eigenvalue weighted by atomic mass is 32.1. The zero-order valence-electron chi connectivity index (χ0n) is 40.4. The second-order valence-corrected chi connectivity index (χ2v) is 18.2. The molecule has 2 heterocycles. The number of nitrogens with two attached hydrogens (primary N) is 2.